The van der Waals surface area contributed by atoms with E-state index in [-0.39, 0.29) is 0 Å². The number of aryl methyl sites for hydroxylation is 2. The second-order valence-electron chi connectivity index (χ2n) is 7.19. The molecule has 1 saturated heterocycles. The fourth-order valence-corrected chi connectivity index (χ4v) is 3.95. The second kappa shape index (κ2) is 6.33. The van der Waals surface area contributed by atoms with Crippen molar-refractivity contribution in [2.45, 2.75) is 39.0 Å². The van der Waals surface area contributed by atoms with E-state index in [4.69, 9.17) is 9.40 Å². The van der Waals surface area contributed by atoms with Crippen LogP contribution in [-0.4, -0.2) is 38.0 Å². The molecule has 0 saturated carbocycles. The standard InChI is InChI=1S/C20H22N6O/c1-3-15-24-17-19(21-11-22-20(17)27-15)26-9-5-7-13(10-26)18-23-14-8-4-6-12(2)16(14)25-18/h4,6,8,11,13H,3,5,7,9-10H2,1-2H3,(H,23,25)/t13-/m1/s1. The van der Waals surface area contributed by atoms with Gasteiger partial charge in [-0.25, -0.2) is 15.0 Å². The van der Waals surface area contributed by atoms with Gasteiger partial charge in [-0.1, -0.05) is 19.1 Å². The number of hydrogen-bond donors (Lipinski definition) is 1. The van der Waals surface area contributed by atoms with Crippen LogP contribution in [-0.2, 0) is 6.42 Å². The average Bonchev–Trinajstić information content (AvgIpc) is 3.32. The lowest BCUT2D eigenvalue weighted by Gasteiger charge is -2.32. The third-order valence-corrected chi connectivity index (χ3v) is 5.36. The Morgan fingerprint density at radius 3 is 3.00 bits per heavy atom. The Morgan fingerprint density at radius 1 is 1.22 bits per heavy atom. The molecule has 0 amide bonds. The molecule has 5 rings (SSSR count). The molecule has 1 N–H and O–H groups in total. The molecule has 0 unspecified atom stereocenters. The first kappa shape index (κ1) is 16.2. The fraction of sp³-hybridized carbons (Fsp3) is 0.400. The van der Waals surface area contributed by atoms with Crippen molar-refractivity contribution in [1.29, 1.82) is 0 Å². The normalized spacial score (nSPS) is 17.9. The van der Waals surface area contributed by atoms with E-state index < -0.39 is 0 Å². The van der Waals surface area contributed by atoms with Gasteiger partial charge in [-0.3, -0.25) is 0 Å². The monoisotopic (exact) mass is 362 g/mol. The van der Waals surface area contributed by atoms with E-state index in [0.717, 1.165) is 60.5 Å². The SMILES string of the molecule is CCc1nc2c(N3CCC[C@@H](c4nc5c(C)cccc5[nH]4)C3)ncnc2o1. The Hall–Kier alpha value is -2.96. The summed E-state index contributed by atoms with van der Waals surface area (Å²) in [7, 11) is 0. The maximum Gasteiger partial charge on any atom is 0.252 e. The highest BCUT2D eigenvalue weighted by atomic mass is 16.4. The summed E-state index contributed by atoms with van der Waals surface area (Å²) in [6, 6.07) is 6.27. The van der Waals surface area contributed by atoms with Gasteiger partial charge in [0.2, 0.25) is 0 Å². The number of benzene rings is 1. The number of nitrogens with zero attached hydrogens (tertiary/aromatic N) is 5. The van der Waals surface area contributed by atoms with Crippen LogP contribution >= 0.6 is 0 Å². The lowest BCUT2D eigenvalue weighted by Crippen LogP contribution is -2.35. The van der Waals surface area contributed by atoms with Gasteiger partial charge in [0.1, 0.15) is 12.2 Å². The number of hydrogen-bond acceptors (Lipinski definition) is 6. The summed E-state index contributed by atoms with van der Waals surface area (Å²) in [6.45, 7) is 5.95. The van der Waals surface area contributed by atoms with Crippen LogP contribution in [0, 0.1) is 6.92 Å². The molecular weight excluding hydrogens is 340 g/mol. The minimum absolute atomic E-state index is 0.341. The molecule has 1 atom stereocenters. The van der Waals surface area contributed by atoms with Gasteiger partial charge in [0.15, 0.2) is 17.2 Å². The van der Waals surface area contributed by atoms with Crippen molar-refractivity contribution in [1.82, 2.24) is 24.9 Å². The Bertz CT molecular complexity index is 1110. The minimum atomic E-state index is 0.341. The lowest BCUT2D eigenvalue weighted by molar-refractivity contribution is 0.493. The minimum Gasteiger partial charge on any atom is -0.422 e. The van der Waals surface area contributed by atoms with Crippen molar-refractivity contribution < 1.29 is 4.42 Å². The van der Waals surface area contributed by atoms with E-state index in [2.05, 4.69) is 50.0 Å². The molecule has 1 fully saturated rings. The van der Waals surface area contributed by atoms with Crippen molar-refractivity contribution in [3.63, 3.8) is 0 Å². The third-order valence-electron chi connectivity index (χ3n) is 5.36. The highest BCUT2D eigenvalue weighted by molar-refractivity contribution is 5.82. The van der Waals surface area contributed by atoms with Crippen LogP contribution in [0.15, 0.2) is 28.9 Å². The van der Waals surface area contributed by atoms with Gasteiger partial charge in [0, 0.05) is 25.4 Å². The number of nitrogens with one attached hydrogen (secondary N) is 1. The summed E-state index contributed by atoms with van der Waals surface area (Å²) in [5, 5.41) is 0. The predicted octanol–water partition coefficient (Wildman–Crippen LogP) is 3.75. The Labute approximate surface area is 156 Å². The highest BCUT2D eigenvalue weighted by Gasteiger charge is 2.27. The van der Waals surface area contributed by atoms with Crippen LogP contribution < -0.4 is 4.90 Å². The second-order valence-corrected chi connectivity index (χ2v) is 7.19. The van der Waals surface area contributed by atoms with E-state index in [1.165, 1.54) is 5.56 Å². The van der Waals surface area contributed by atoms with E-state index >= 15 is 0 Å². The Morgan fingerprint density at radius 2 is 2.15 bits per heavy atom. The van der Waals surface area contributed by atoms with Gasteiger partial charge in [-0.2, -0.15) is 4.98 Å². The molecule has 1 aliphatic heterocycles. The quantitative estimate of drug-likeness (QED) is 0.597. The highest BCUT2D eigenvalue weighted by Crippen LogP contribution is 2.32. The first-order valence-corrected chi connectivity index (χ1v) is 9.53. The van der Waals surface area contributed by atoms with Crippen LogP contribution in [0.5, 0.6) is 0 Å². The first-order chi connectivity index (χ1) is 13.2. The van der Waals surface area contributed by atoms with Crippen molar-refractivity contribution >= 4 is 28.1 Å². The lowest BCUT2D eigenvalue weighted by atomic mass is 9.97. The van der Waals surface area contributed by atoms with Crippen LogP contribution in [0.25, 0.3) is 22.3 Å². The van der Waals surface area contributed by atoms with Gasteiger partial charge >= 0.3 is 0 Å². The smallest absolute Gasteiger partial charge is 0.252 e. The zero-order chi connectivity index (χ0) is 18.4. The van der Waals surface area contributed by atoms with E-state index in [0.29, 0.717) is 17.5 Å². The number of piperidine rings is 1. The fourth-order valence-electron chi connectivity index (χ4n) is 3.95. The molecule has 4 heterocycles. The van der Waals surface area contributed by atoms with E-state index in [9.17, 15) is 0 Å². The number of oxazole rings is 1. The molecule has 7 heteroatoms. The summed E-state index contributed by atoms with van der Waals surface area (Å²) in [5.41, 5.74) is 4.71. The summed E-state index contributed by atoms with van der Waals surface area (Å²) >= 11 is 0. The van der Waals surface area contributed by atoms with Crippen molar-refractivity contribution in [2.24, 2.45) is 0 Å². The summed E-state index contributed by atoms with van der Waals surface area (Å²) < 4.78 is 5.71. The summed E-state index contributed by atoms with van der Waals surface area (Å²) in [6.07, 6.45) is 4.51. The zero-order valence-electron chi connectivity index (χ0n) is 15.6. The molecule has 1 aromatic carbocycles. The Balaban J connectivity index is 1.49. The van der Waals surface area contributed by atoms with Crippen molar-refractivity contribution in [3.8, 4) is 0 Å². The van der Waals surface area contributed by atoms with Crippen LogP contribution in [0.1, 0.15) is 43.0 Å². The molecule has 1 aliphatic rings. The zero-order valence-corrected chi connectivity index (χ0v) is 15.6. The maximum absolute atomic E-state index is 5.71. The van der Waals surface area contributed by atoms with Gasteiger partial charge in [-0.15, -0.1) is 0 Å². The Kier molecular flexibility index (Phi) is 3.81. The number of aromatic nitrogens is 5. The van der Waals surface area contributed by atoms with Crippen LogP contribution in [0.2, 0.25) is 0 Å². The number of anilines is 1. The molecule has 27 heavy (non-hydrogen) atoms. The summed E-state index contributed by atoms with van der Waals surface area (Å²) in [4.78, 5) is 24.1. The number of imidazole rings is 1. The molecule has 0 bridgehead atoms. The number of para-hydroxylation sites is 1. The molecule has 4 aromatic rings. The van der Waals surface area contributed by atoms with Gasteiger partial charge in [-0.05, 0) is 31.4 Å². The van der Waals surface area contributed by atoms with Gasteiger partial charge < -0.3 is 14.3 Å². The number of rotatable bonds is 3. The molecule has 0 spiro atoms. The molecule has 0 aliphatic carbocycles. The predicted molar refractivity (Wildman–Crippen MR) is 104 cm³/mol. The van der Waals surface area contributed by atoms with Crippen molar-refractivity contribution in [3.05, 3.63) is 41.8 Å². The van der Waals surface area contributed by atoms with Gasteiger partial charge in [0.05, 0.1) is 11.0 Å². The average molecular weight is 362 g/mol. The van der Waals surface area contributed by atoms with Crippen LogP contribution in [0.4, 0.5) is 5.82 Å². The number of aromatic amines is 1. The third kappa shape index (κ3) is 2.74. The van der Waals surface area contributed by atoms with E-state index in [1.54, 1.807) is 6.33 Å². The number of fused-ring (bicyclic) bond motifs is 2. The molecule has 7 nitrogen and oxygen atoms in total. The molecule has 3 aromatic heterocycles. The summed E-state index contributed by atoms with van der Waals surface area (Å²) in [5.74, 6) is 2.96. The van der Waals surface area contributed by atoms with Crippen molar-refractivity contribution in [2.75, 3.05) is 18.0 Å². The number of H-pyrrole nitrogens is 1. The molecule has 0 radical (unpaired) electrons. The maximum atomic E-state index is 5.71. The molecular formula is C20H22N6O. The first-order valence-electron chi connectivity index (χ1n) is 9.53. The molecule has 138 valence electrons. The van der Waals surface area contributed by atoms with Crippen LogP contribution in [0.3, 0.4) is 0 Å². The van der Waals surface area contributed by atoms with E-state index in [1.807, 2.05) is 6.92 Å². The van der Waals surface area contributed by atoms with Gasteiger partial charge in [0.25, 0.3) is 5.71 Å². The largest absolute Gasteiger partial charge is 0.422 e. The topological polar surface area (TPSA) is 83.7 Å².